The Morgan fingerprint density at radius 1 is 0.900 bits per heavy atom. The van der Waals surface area contributed by atoms with Crippen molar-refractivity contribution < 1.29 is 19.1 Å². The van der Waals surface area contributed by atoms with E-state index in [4.69, 9.17) is 4.74 Å². The topological polar surface area (TPSA) is 75.7 Å². The fourth-order valence-electron chi connectivity index (χ4n) is 3.42. The molecular weight excluding hydrogens is 380 g/mol. The van der Waals surface area contributed by atoms with E-state index in [1.807, 2.05) is 26.8 Å². The Kier molecular flexibility index (Phi) is 6.55. The van der Waals surface area contributed by atoms with Crippen molar-refractivity contribution in [3.63, 3.8) is 0 Å². The smallest absolute Gasteiger partial charge is 0.410 e. The number of nitrogens with zero attached hydrogens (tertiary/aromatic N) is 1. The normalized spacial score (nSPS) is 14.8. The Morgan fingerprint density at radius 2 is 1.47 bits per heavy atom. The van der Waals surface area contributed by atoms with Crippen molar-refractivity contribution in [2.45, 2.75) is 45.3 Å². The lowest BCUT2D eigenvalue weighted by Crippen LogP contribution is -2.48. The fourth-order valence-corrected chi connectivity index (χ4v) is 3.42. The Hall–Kier alpha value is -3.15. The molecule has 1 aliphatic rings. The van der Waals surface area contributed by atoms with E-state index in [9.17, 15) is 14.4 Å². The predicted octanol–water partition coefficient (Wildman–Crippen LogP) is 4.05. The van der Waals surface area contributed by atoms with Crippen LogP contribution in [0.15, 0.2) is 54.6 Å². The molecule has 30 heavy (non-hydrogen) atoms. The van der Waals surface area contributed by atoms with Crippen molar-refractivity contribution in [2.24, 2.45) is 0 Å². The monoisotopic (exact) mass is 408 g/mol. The molecule has 0 atom stereocenters. The van der Waals surface area contributed by atoms with Crippen LogP contribution in [0.3, 0.4) is 0 Å². The summed E-state index contributed by atoms with van der Waals surface area (Å²) in [6.45, 7) is 6.55. The minimum Gasteiger partial charge on any atom is -0.444 e. The standard InChI is InChI=1S/C24H28N2O4/c1-24(2,3)30-23(29)26-15-13-18(14-16-26)25-22(28)20-12-8-7-11-19(20)21(27)17-9-5-4-6-10-17/h4-12,18H,13-16H2,1-3H3,(H,25,28). The summed E-state index contributed by atoms with van der Waals surface area (Å²) in [5.41, 5.74) is 0.758. The SMILES string of the molecule is CC(C)(C)OC(=O)N1CCC(NC(=O)c2ccccc2C(=O)c2ccccc2)CC1. The van der Waals surface area contributed by atoms with Gasteiger partial charge in [-0.05, 0) is 39.7 Å². The second-order valence-corrected chi connectivity index (χ2v) is 8.46. The van der Waals surface area contributed by atoms with Crippen LogP contribution in [0.4, 0.5) is 4.79 Å². The highest BCUT2D eigenvalue weighted by Gasteiger charge is 2.28. The van der Waals surface area contributed by atoms with Crippen LogP contribution in [0.1, 0.15) is 59.9 Å². The minimum absolute atomic E-state index is 0.0592. The molecule has 158 valence electrons. The number of rotatable bonds is 4. The van der Waals surface area contributed by atoms with E-state index in [-0.39, 0.29) is 23.8 Å². The van der Waals surface area contributed by atoms with Gasteiger partial charge in [0.1, 0.15) is 5.60 Å². The molecule has 0 bridgehead atoms. The van der Waals surface area contributed by atoms with Gasteiger partial charge in [-0.25, -0.2) is 4.79 Å². The predicted molar refractivity (Wildman–Crippen MR) is 115 cm³/mol. The summed E-state index contributed by atoms with van der Waals surface area (Å²) in [7, 11) is 0. The molecule has 2 amide bonds. The molecule has 1 fully saturated rings. The van der Waals surface area contributed by atoms with Crippen LogP contribution >= 0.6 is 0 Å². The molecule has 2 aromatic rings. The summed E-state index contributed by atoms with van der Waals surface area (Å²) in [6.07, 6.45) is 0.950. The number of piperidine rings is 1. The second-order valence-electron chi connectivity index (χ2n) is 8.46. The van der Waals surface area contributed by atoms with E-state index in [0.29, 0.717) is 42.6 Å². The van der Waals surface area contributed by atoms with Gasteiger partial charge in [0.15, 0.2) is 5.78 Å². The van der Waals surface area contributed by atoms with E-state index in [2.05, 4.69) is 5.32 Å². The summed E-state index contributed by atoms with van der Waals surface area (Å²) < 4.78 is 5.41. The first-order valence-corrected chi connectivity index (χ1v) is 10.2. The second kappa shape index (κ2) is 9.11. The third-order valence-electron chi connectivity index (χ3n) is 4.93. The van der Waals surface area contributed by atoms with E-state index < -0.39 is 5.60 Å². The number of carbonyl (C=O) groups is 3. The molecule has 0 saturated carbocycles. The highest BCUT2D eigenvalue weighted by molar-refractivity contribution is 6.15. The van der Waals surface area contributed by atoms with Gasteiger partial charge in [-0.1, -0.05) is 48.5 Å². The fraction of sp³-hybridized carbons (Fsp3) is 0.375. The van der Waals surface area contributed by atoms with Crippen LogP contribution in [0.2, 0.25) is 0 Å². The van der Waals surface area contributed by atoms with Crippen molar-refractivity contribution in [1.82, 2.24) is 10.2 Å². The van der Waals surface area contributed by atoms with Gasteiger partial charge in [0, 0.05) is 30.3 Å². The van der Waals surface area contributed by atoms with Crippen molar-refractivity contribution in [3.8, 4) is 0 Å². The summed E-state index contributed by atoms with van der Waals surface area (Å²) >= 11 is 0. The average Bonchev–Trinajstić information content (AvgIpc) is 2.73. The molecule has 1 heterocycles. The number of ketones is 1. The van der Waals surface area contributed by atoms with Gasteiger partial charge in [-0.2, -0.15) is 0 Å². The summed E-state index contributed by atoms with van der Waals surface area (Å²) in [6, 6.07) is 15.7. The molecule has 0 aromatic heterocycles. The molecule has 1 N–H and O–H groups in total. The van der Waals surface area contributed by atoms with Crippen LogP contribution in [0, 0.1) is 0 Å². The van der Waals surface area contributed by atoms with Gasteiger partial charge in [0.25, 0.3) is 5.91 Å². The highest BCUT2D eigenvalue weighted by Crippen LogP contribution is 2.18. The molecule has 2 aromatic carbocycles. The Bertz CT molecular complexity index is 910. The summed E-state index contributed by atoms with van der Waals surface area (Å²) in [5, 5.41) is 3.02. The first kappa shape index (κ1) is 21.6. The molecule has 3 rings (SSSR count). The number of carbonyl (C=O) groups excluding carboxylic acids is 3. The van der Waals surface area contributed by atoms with E-state index in [1.165, 1.54) is 0 Å². The first-order valence-electron chi connectivity index (χ1n) is 10.2. The van der Waals surface area contributed by atoms with Gasteiger partial charge in [0.05, 0.1) is 5.56 Å². The van der Waals surface area contributed by atoms with E-state index >= 15 is 0 Å². The van der Waals surface area contributed by atoms with Crippen molar-refractivity contribution in [2.75, 3.05) is 13.1 Å². The van der Waals surface area contributed by atoms with Crippen LogP contribution in [0.5, 0.6) is 0 Å². The third kappa shape index (κ3) is 5.47. The lowest BCUT2D eigenvalue weighted by Gasteiger charge is -2.33. The van der Waals surface area contributed by atoms with Gasteiger partial charge < -0.3 is 15.0 Å². The lowest BCUT2D eigenvalue weighted by atomic mass is 9.97. The molecule has 1 aliphatic heterocycles. The summed E-state index contributed by atoms with van der Waals surface area (Å²) in [5.74, 6) is -0.452. The van der Waals surface area contributed by atoms with Crippen molar-refractivity contribution >= 4 is 17.8 Å². The zero-order valence-electron chi connectivity index (χ0n) is 17.7. The number of nitrogens with one attached hydrogen (secondary N) is 1. The van der Waals surface area contributed by atoms with E-state index in [1.54, 1.807) is 53.4 Å². The zero-order chi connectivity index (χ0) is 21.7. The Morgan fingerprint density at radius 3 is 2.07 bits per heavy atom. The van der Waals surface area contributed by atoms with Crippen LogP contribution in [0.25, 0.3) is 0 Å². The van der Waals surface area contributed by atoms with E-state index in [0.717, 1.165) is 0 Å². The molecule has 0 spiro atoms. The number of amides is 2. The van der Waals surface area contributed by atoms with Crippen molar-refractivity contribution in [1.29, 1.82) is 0 Å². The lowest BCUT2D eigenvalue weighted by molar-refractivity contribution is 0.0199. The molecule has 6 nitrogen and oxygen atoms in total. The molecular formula is C24H28N2O4. The number of benzene rings is 2. The number of hydrogen-bond acceptors (Lipinski definition) is 4. The van der Waals surface area contributed by atoms with Crippen molar-refractivity contribution in [3.05, 3.63) is 71.3 Å². The van der Waals surface area contributed by atoms with Gasteiger partial charge in [-0.3, -0.25) is 9.59 Å². The Labute approximate surface area is 177 Å². The Balaban J connectivity index is 1.63. The zero-order valence-corrected chi connectivity index (χ0v) is 17.7. The molecule has 0 unspecified atom stereocenters. The van der Waals surface area contributed by atoms with Crippen LogP contribution in [-0.4, -0.2) is 47.4 Å². The summed E-state index contributed by atoms with van der Waals surface area (Å²) in [4.78, 5) is 39.6. The first-order chi connectivity index (χ1) is 14.2. The average molecular weight is 408 g/mol. The molecule has 0 aliphatic carbocycles. The maximum atomic E-state index is 12.9. The van der Waals surface area contributed by atoms with Gasteiger partial charge in [0.2, 0.25) is 0 Å². The van der Waals surface area contributed by atoms with Crippen LogP contribution < -0.4 is 5.32 Å². The van der Waals surface area contributed by atoms with Gasteiger partial charge in [-0.15, -0.1) is 0 Å². The third-order valence-corrected chi connectivity index (χ3v) is 4.93. The number of hydrogen-bond donors (Lipinski definition) is 1. The quantitative estimate of drug-likeness (QED) is 0.775. The molecule has 6 heteroatoms. The maximum absolute atomic E-state index is 12.9. The van der Waals surface area contributed by atoms with Crippen LogP contribution in [-0.2, 0) is 4.74 Å². The largest absolute Gasteiger partial charge is 0.444 e. The minimum atomic E-state index is -0.531. The molecule has 1 saturated heterocycles. The highest BCUT2D eigenvalue weighted by atomic mass is 16.6. The maximum Gasteiger partial charge on any atom is 0.410 e. The number of ether oxygens (including phenoxy) is 1. The van der Waals surface area contributed by atoms with Gasteiger partial charge >= 0.3 is 6.09 Å². The molecule has 0 radical (unpaired) electrons. The number of likely N-dealkylation sites (tertiary alicyclic amines) is 1.